The van der Waals surface area contributed by atoms with E-state index in [9.17, 15) is 18.4 Å². The highest BCUT2D eigenvalue weighted by atomic mass is 19.3. The zero-order chi connectivity index (χ0) is 42.6. The third-order valence-electron chi connectivity index (χ3n) is 10.8. The van der Waals surface area contributed by atoms with Crippen molar-refractivity contribution < 1.29 is 28.2 Å². The van der Waals surface area contributed by atoms with Crippen LogP contribution in [0.4, 0.5) is 20.3 Å². The number of aliphatic imine (C=N–C) groups is 1. The van der Waals surface area contributed by atoms with Crippen molar-refractivity contribution in [1.29, 1.82) is 0 Å². The first-order valence-corrected chi connectivity index (χ1v) is 21.0. The number of amides is 1. The van der Waals surface area contributed by atoms with Gasteiger partial charge in [0.1, 0.15) is 11.4 Å². The average Bonchev–Trinajstić information content (AvgIpc) is 3.58. The monoisotopic (exact) mass is 806 g/mol. The van der Waals surface area contributed by atoms with Gasteiger partial charge in [0, 0.05) is 86.2 Å². The number of hydrogen-bond donors (Lipinski definition) is 2. The second-order valence-electron chi connectivity index (χ2n) is 15.6. The highest BCUT2D eigenvalue weighted by molar-refractivity contribution is 6.10. The van der Waals surface area contributed by atoms with Gasteiger partial charge in [0.25, 0.3) is 6.43 Å². The summed E-state index contributed by atoms with van der Waals surface area (Å²) in [6.07, 6.45) is 9.62. The van der Waals surface area contributed by atoms with Crippen LogP contribution in [0.15, 0.2) is 47.6 Å². The largest absolute Gasteiger partial charge is 0.508 e. The number of nitrogens with two attached hydrogens (primary N) is 1. The maximum absolute atomic E-state index is 14.4. The standard InChI is InChI=1S/C30H39F2N7O.C11H14O3.2C2H6/c1-34-17-21(16-33)24-14-20-4-3-10-38(28(20)15-25(24)29(31)32)30-26-18-36(19-40)11-9-27(26)39(35-30)23-7-12-37(13-8-23)22-5-2-6-22;1-11(2,3)14-10(13)8-4-6-9(12)7-5-8;2*1-2/h14-17,19,22-23,29H,2-13,18,33H2,1H3;4-7,12H,1-3H3;2*1-2H3/b21-16+,34-17?;;;. The van der Waals surface area contributed by atoms with Crippen molar-refractivity contribution in [2.24, 2.45) is 10.7 Å². The fourth-order valence-corrected chi connectivity index (χ4v) is 7.88. The van der Waals surface area contributed by atoms with Crippen LogP contribution in [0.3, 0.4) is 0 Å². The molecule has 1 aliphatic carbocycles. The van der Waals surface area contributed by atoms with Crippen LogP contribution in [-0.2, 0) is 28.9 Å². The van der Waals surface area contributed by atoms with Crippen LogP contribution in [-0.4, -0.2) is 88.2 Å². The molecule has 4 aliphatic rings. The van der Waals surface area contributed by atoms with Crippen molar-refractivity contribution in [3.63, 3.8) is 0 Å². The van der Waals surface area contributed by atoms with Crippen molar-refractivity contribution in [2.45, 2.75) is 130 Å². The maximum atomic E-state index is 14.4. The summed E-state index contributed by atoms with van der Waals surface area (Å²) < 4.78 is 36.2. The fourth-order valence-electron chi connectivity index (χ4n) is 7.88. The summed E-state index contributed by atoms with van der Waals surface area (Å²) in [5.74, 6) is 0.566. The van der Waals surface area contributed by atoms with Gasteiger partial charge in [-0.1, -0.05) is 34.1 Å². The first-order chi connectivity index (χ1) is 27.9. The molecule has 0 atom stereocenters. The van der Waals surface area contributed by atoms with Gasteiger partial charge in [-0.05, 0) is 107 Å². The predicted octanol–water partition coefficient (Wildman–Crippen LogP) is 9.01. The molecule has 3 N–H and O–H groups in total. The van der Waals surface area contributed by atoms with E-state index >= 15 is 0 Å². The van der Waals surface area contributed by atoms with Gasteiger partial charge in [-0.15, -0.1) is 0 Å². The minimum atomic E-state index is -2.66. The molecular formula is C45H65F2N7O4. The van der Waals surface area contributed by atoms with E-state index in [2.05, 4.69) is 19.5 Å². The van der Waals surface area contributed by atoms with Crippen molar-refractivity contribution in [3.05, 3.63) is 76.1 Å². The average molecular weight is 806 g/mol. The number of hydrogen-bond acceptors (Lipinski definition) is 9. The minimum absolute atomic E-state index is 0.0616. The van der Waals surface area contributed by atoms with Crippen LogP contribution < -0.4 is 10.6 Å². The number of ether oxygens (including phenoxy) is 1. The molecule has 13 heteroatoms. The summed E-state index contributed by atoms with van der Waals surface area (Å²) >= 11 is 0. The fraction of sp³-hybridized carbons (Fsp3) is 0.556. The van der Waals surface area contributed by atoms with E-state index in [4.69, 9.17) is 20.7 Å². The van der Waals surface area contributed by atoms with Crippen molar-refractivity contribution in [1.82, 2.24) is 19.6 Å². The van der Waals surface area contributed by atoms with E-state index in [0.717, 1.165) is 80.3 Å². The SMILES string of the molecule is CC.CC.CC(C)(C)OC(=O)c1ccc(O)cc1.CN=C/C(=C\N)c1cc2c(cc1C(F)F)N(c1nn(C3CCN(C4CCC4)CC3)c3c1CN(C=O)CC3)CCC2. The number of nitrogens with zero attached hydrogens (tertiary/aromatic N) is 6. The van der Waals surface area contributed by atoms with Crippen molar-refractivity contribution >= 4 is 35.7 Å². The van der Waals surface area contributed by atoms with Gasteiger partial charge in [0.15, 0.2) is 5.82 Å². The zero-order valence-electron chi connectivity index (χ0n) is 35.8. The number of anilines is 2. The van der Waals surface area contributed by atoms with E-state index in [1.54, 1.807) is 18.0 Å². The molecule has 58 heavy (non-hydrogen) atoms. The topological polar surface area (TPSA) is 130 Å². The van der Waals surface area contributed by atoms with Crippen LogP contribution in [0.1, 0.15) is 138 Å². The van der Waals surface area contributed by atoms with Crippen LogP contribution in [0.2, 0.25) is 0 Å². The predicted molar refractivity (Wildman–Crippen MR) is 229 cm³/mol. The van der Waals surface area contributed by atoms with Gasteiger partial charge in [-0.3, -0.25) is 14.5 Å². The molecule has 0 radical (unpaired) electrons. The van der Waals surface area contributed by atoms with Gasteiger partial charge in [0.05, 0.1) is 18.2 Å². The Balaban J connectivity index is 0.000000348. The highest BCUT2D eigenvalue weighted by Gasteiger charge is 2.35. The number of alkyl halides is 2. The van der Waals surface area contributed by atoms with Gasteiger partial charge in [-0.25, -0.2) is 13.6 Å². The molecule has 0 spiro atoms. The quantitative estimate of drug-likeness (QED) is 0.131. The van der Waals surface area contributed by atoms with Gasteiger partial charge in [0.2, 0.25) is 6.41 Å². The molecule has 1 saturated carbocycles. The van der Waals surface area contributed by atoms with Crippen molar-refractivity contribution in [2.75, 3.05) is 38.1 Å². The molecular weight excluding hydrogens is 741 g/mol. The van der Waals surface area contributed by atoms with Crippen molar-refractivity contribution in [3.8, 4) is 5.75 Å². The molecule has 1 aromatic heterocycles. The minimum Gasteiger partial charge on any atom is -0.508 e. The molecule has 3 aliphatic heterocycles. The molecule has 4 heterocycles. The molecule has 0 bridgehead atoms. The number of phenolic OH excluding ortho intramolecular Hbond substituents is 1. The van der Waals surface area contributed by atoms with Crippen LogP contribution in [0.25, 0.3) is 5.57 Å². The number of phenols is 1. The van der Waals surface area contributed by atoms with E-state index in [1.807, 2.05) is 54.5 Å². The Bertz CT molecular complexity index is 1860. The van der Waals surface area contributed by atoms with E-state index in [1.165, 1.54) is 61.6 Å². The molecule has 3 aromatic rings. The lowest BCUT2D eigenvalue weighted by molar-refractivity contribution is -0.118. The highest BCUT2D eigenvalue weighted by Crippen LogP contribution is 2.43. The van der Waals surface area contributed by atoms with E-state index in [-0.39, 0.29) is 17.3 Å². The van der Waals surface area contributed by atoms with Gasteiger partial charge >= 0.3 is 5.97 Å². The first kappa shape index (κ1) is 45.9. The number of aromatic nitrogens is 2. The Morgan fingerprint density at radius 1 is 0.966 bits per heavy atom. The normalized spacial score (nSPS) is 17.5. The lowest BCUT2D eigenvalue weighted by Gasteiger charge is -2.42. The Kier molecular flexibility index (Phi) is 16.9. The maximum Gasteiger partial charge on any atom is 0.338 e. The summed E-state index contributed by atoms with van der Waals surface area (Å²) in [6.45, 7) is 17.5. The van der Waals surface area contributed by atoms with Crippen LogP contribution in [0.5, 0.6) is 5.75 Å². The number of halogens is 2. The number of piperidine rings is 1. The Morgan fingerprint density at radius 3 is 2.19 bits per heavy atom. The van der Waals surface area contributed by atoms with Gasteiger partial charge < -0.3 is 30.3 Å². The summed E-state index contributed by atoms with van der Waals surface area (Å²) in [6, 6.07) is 10.5. The summed E-state index contributed by atoms with van der Waals surface area (Å²) in [5.41, 5.74) is 10.6. The Labute approximate surface area is 343 Å². The molecule has 1 saturated heterocycles. The Morgan fingerprint density at radius 2 is 1.64 bits per heavy atom. The number of esters is 1. The number of rotatable bonds is 8. The number of carbonyl (C=O) groups excluding carboxylic acids is 2. The summed E-state index contributed by atoms with van der Waals surface area (Å²) in [4.78, 5) is 33.8. The first-order valence-electron chi connectivity index (χ1n) is 21.0. The summed E-state index contributed by atoms with van der Waals surface area (Å²) in [5, 5.41) is 14.2. The molecule has 2 aromatic carbocycles. The summed E-state index contributed by atoms with van der Waals surface area (Å²) in [7, 11) is 1.60. The number of likely N-dealkylation sites (tertiary alicyclic amines) is 1. The molecule has 318 valence electrons. The molecule has 1 amide bonds. The molecule has 11 nitrogen and oxygen atoms in total. The third-order valence-corrected chi connectivity index (χ3v) is 10.8. The molecule has 7 rings (SSSR count). The van der Waals surface area contributed by atoms with Gasteiger partial charge in [-0.2, -0.15) is 5.10 Å². The number of benzene rings is 2. The molecule has 2 fully saturated rings. The lowest BCUT2D eigenvalue weighted by Crippen LogP contribution is -2.45. The second-order valence-corrected chi connectivity index (χ2v) is 15.6. The number of fused-ring (bicyclic) bond motifs is 2. The van der Waals surface area contributed by atoms with Crippen LogP contribution >= 0.6 is 0 Å². The lowest BCUT2D eigenvalue weighted by atomic mass is 9.89. The molecule has 0 unspecified atom stereocenters. The number of carbonyl (C=O) groups is 2. The number of allylic oxidation sites excluding steroid dienone is 1. The van der Waals surface area contributed by atoms with E-state index < -0.39 is 12.0 Å². The third kappa shape index (κ3) is 11.0. The number of aryl methyl sites for hydroxylation is 1. The van der Waals surface area contributed by atoms with E-state index in [0.29, 0.717) is 42.4 Å². The van der Waals surface area contributed by atoms with Crippen LogP contribution in [0, 0.1) is 0 Å². The Hall–Kier alpha value is -4.78. The second kappa shape index (κ2) is 21.3. The zero-order valence-corrected chi connectivity index (χ0v) is 35.8. The smallest absolute Gasteiger partial charge is 0.338 e. The number of aromatic hydroxyl groups is 1.